The van der Waals surface area contributed by atoms with Crippen molar-refractivity contribution < 1.29 is 17.6 Å². The lowest BCUT2D eigenvalue weighted by Crippen LogP contribution is -2.59. The number of amides is 2. The highest BCUT2D eigenvalue weighted by atomic mass is 32.2. The van der Waals surface area contributed by atoms with Crippen LogP contribution in [0.25, 0.3) is 11.1 Å². The van der Waals surface area contributed by atoms with Gasteiger partial charge in [0.15, 0.2) is 9.84 Å². The minimum Gasteiger partial charge on any atom is -0.318 e. The fraction of sp³-hybridized carbons (Fsp3) is 0.316. The van der Waals surface area contributed by atoms with E-state index in [0.717, 1.165) is 11.1 Å². The van der Waals surface area contributed by atoms with Gasteiger partial charge in [0.25, 0.3) is 0 Å². The van der Waals surface area contributed by atoms with Gasteiger partial charge in [-0.3, -0.25) is 0 Å². The van der Waals surface area contributed by atoms with Gasteiger partial charge in [-0.05, 0) is 35.4 Å². The van der Waals surface area contributed by atoms with Gasteiger partial charge in [-0.15, -0.1) is 0 Å². The molecular formula is C19H20FN3O3S. The summed E-state index contributed by atoms with van der Waals surface area (Å²) in [7, 11) is -3.13. The van der Waals surface area contributed by atoms with Crippen LogP contribution < -0.4 is 10.6 Å². The fourth-order valence-corrected chi connectivity index (χ4v) is 5.72. The van der Waals surface area contributed by atoms with Gasteiger partial charge in [-0.1, -0.05) is 24.3 Å². The van der Waals surface area contributed by atoms with Crippen molar-refractivity contribution in [3.8, 4) is 11.1 Å². The molecule has 0 aromatic heterocycles. The van der Waals surface area contributed by atoms with E-state index in [4.69, 9.17) is 0 Å². The molecule has 4 rings (SSSR count). The summed E-state index contributed by atoms with van der Waals surface area (Å²) in [6.07, 6.45) is 0. The largest absolute Gasteiger partial charge is 0.322 e. The van der Waals surface area contributed by atoms with Gasteiger partial charge in [0.1, 0.15) is 5.82 Å². The summed E-state index contributed by atoms with van der Waals surface area (Å²) in [4.78, 5) is 14.4. The van der Waals surface area contributed by atoms with Crippen molar-refractivity contribution in [2.75, 3.05) is 29.9 Å². The first kappa shape index (κ1) is 17.9. The van der Waals surface area contributed by atoms with Crippen molar-refractivity contribution in [2.45, 2.75) is 12.1 Å². The Morgan fingerprint density at radius 2 is 1.85 bits per heavy atom. The van der Waals surface area contributed by atoms with Crippen molar-refractivity contribution in [3.63, 3.8) is 0 Å². The van der Waals surface area contributed by atoms with E-state index >= 15 is 0 Å². The molecule has 27 heavy (non-hydrogen) atoms. The van der Waals surface area contributed by atoms with Crippen LogP contribution in [0.3, 0.4) is 0 Å². The summed E-state index contributed by atoms with van der Waals surface area (Å²) in [6.45, 7) is 1.01. The number of benzene rings is 2. The zero-order chi connectivity index (χ0) is 19.0. The van der Waals surface area contributed by atoms with E-state index in [1.807, 2.05) is 6.07 Å². The average molecular weight is 389 g/mol. The van der Waals surface area contributed by atoms with Gasteiger partial charge in [-0.25, -0.2) is 17.6 Å². The van der Waals surface area contributed by atoms with Gasteiger partial charge in [0.05, 0.1) is 17.5 Å². The van der Waals surface area contributed by atoms with Gasteiger partial charge < -0.3 is 15.5 Å². The molecule has 0 aliphatic carbocycles. The van der Waals surface area contributed by atoms with Gasteiger partial charge in [-0.2, -0.15) is 0 Å². The zero-order valence-electron chi connectivity index (χ0n) is 14.6. The van der Waals surface area contributed by atoms with E-state index in [-0.39, 0.29) is 35.4 Å². The molecule has 142 valence electrons. The first-order chi connectivity index (χ1) is 12.9. The van der Waals surface area contributed by atoms with Crippen LogP contribution in [0, 0.1) is 5.82 Å². The number of piperazine rings is 1. The molecule has 0 radical (unpaired) electrons. The van der Waals surface area contributed by atoms with E-state index in [2.05, 4.69) is 10.6 Å². The molecule has 2 aromatic rings. The second kappa shape index (κ2) is 6.94. The predicted octanol–water partition coefficient (Wildman–Crippen LogP) is 2.10. The van der Waals surface area contributed by atoms with Crippen LogP contribution in [0.1, 0.15) is 0 Å². The number of urea groups is 1. The number of halogens is 1. The summed E-state index contributed by atoms with van der Waals surface area (Å²) >= 11 is 0. The molecule has 2 aliphatic heterocycles. The van der Waals surface area contributed by atoms with Crippen LogP contribution in [0.15, 0.2) is 48.5 Å². The third-order valence-corrected chi connectivity index (χ3v) is 6.73. The maximum Gasteiger partial charge on any atom is 0.322 e. The minimum atomic E-state index is -3.13. The van der Waals surface area contributed by atoms with Crippen molar-refractivity contribution in [2.24, 2.45) is 0 Å². The Labute approximate surface area is 157 Å². The SMILES string of the molecule is O=C(Nc1cccc(-c2cccc(F)c2)c1)N1CCN[C@@H]2CS(=O)(=O)C[C@@H]21. The number of carbonyl (C=O) groups excluding carboxylic acids is 1. The average Bonchev–Trinajstić information content (AvgIpc) is 2.95. The molecule has 2 N–H and O–H groups in total. The first-order valence-electron chi connectivity index (χ1n) is 8.79. The molecule has 2 atom stereocenters. The molecular weight excluding hydrogens is 369 g/mol. The number of hydrogen-bond acceptors (Lipinski definition) is 4. The number of nitrogens with one attached hydrogen (secondary N) is 2. The Morgan fingerprint density at radius 1 is 1.11 bits per heavy atom. The molecule has 0 unspecified atom stereocenters. The molecule has 0 bridgehead atoms. The smallest absolute Gasteiger partial charge is 0.318 e. The van der Waals surface area contributed by atoms with E-state index in [1.54, 1.807) is 35.2 Å². The lowest BCUT2D eigenvalue weighted by Gasteiger charge is -2.37. The molecule has 2 fully saturated rings. The number of anilines is 1. The maximum atomic E-state index is 13.5. The lowest BCUT2D eigenvalue weighted by atomic mass is 10.0. The summed E-state index contributed by atoms with van der Waals surface area (Å²) in [5.74, 6) is -0.269. The van der Waals surface area contributed by atoms with Crippen LogP contribution in [0.2, 0.25) is 0 Å². The first-order valence-corrected chi connectivity index (χ1v) is 10.6. The summed E-state index contributed by atoms with van der Waals surface area (Å²) in [5, 5.41) is 6.03. The molecule has 8 heteroatoms. The number of rotatable bonds is 2. The molecule has 0 saturated carbocycles. The second-order valence-corrected chi connectivity index (χ2v) is 9.07. The molecule has 2 amide bonds. The predicted molar refractivity (Wildman–Crippen MR) is 102 cm³/mol. The molecule has 2 heterocycles. The summed E-state index contributed by atoms with van der Waals surface area (Å²) in [5.41, 5.74) is 2.09. The molecule has 2 aliphatic rings. The van der Waals surface area contributed by atoms with E-state index in [1.165, 1.54) is 12.1 Å². The number of sulfone groups is 1. The van der Waals surface area contributed by atoms with Gasteiger partial charge in [0.2, 0.25) is 0 Å². The van der Waals surface area contributed by atoms with Crippen LogP contribution in [-0.2, 0) is 9.84 Å². The van der Waals surface area contributed by atoms with Gasteiger partial charge >= 0.3 is 6.03 Å². The van der Waals surface area contributed by atoms with E-state index in [9.17, 15) is 17.6 Å². The van der Waals surface area contributed by atoms with Crippen molar-refractivity contribution >= 4 is 21.6 Å². The second-order valence-electron chi connectivity index (χ2n) is 6.92. The highest BCUT2D eigenvalue weighted by Crippen LogP contribution is 2.25. The topological polar surface area (TPSA) is 78.5 Å². The Kier molecular flexibility index (Phi) is 4.61. The Hall–Kier alpha value is -2.45. The fourth-order valence-electron chi connectivity index (χ4n) is 3.76. The van der Waals surface area contributed by atoms with Crippen LogP contribution >= 0.6 is 0 Å². The molecule has 2 saturated heterocycles. The van der Waals surface area contributed by atoms with Crippen molar-refractivity contribution in [1.82, 2.24) is 10.2 Å². The molecule has 2 aromatic carbocycles. The maximum absolute atomic E-state index is 13.5. The van der Waals surface area contributed by atoms with Crippen molar-refractivity contribution in [1.29, 1.82) is 0 Å². The zero-order valence-corrected chi connectivity index (χ0v) is 15.4. The quantitative estimate of drug-likeness (QED) is 0.825. The summed E-state index contributed by atoms with van der Waals surface area (Å²) in [6, 6.07) is 12.5. The van der Waals surface area contributed by atoms with Crippen LogP contribution in [0.5, 0.6) is 0 Å². The standard InChI is InChI=1S/C19H20FN3O3S/c20-15-5-1-3-13(9-15)14-4-2-6-16(10-14)22-19(24)23-8-7-21-17-11-27(25,26)12-18(17)23/h1-6,9-10,17-18,21H,7-8,11-12H2,(H,22,24)/t17-,18+/m1/s1. The lowest BCUT2D eigenvalue weighted by molar-refractivity contribution is 0.163. The highest BCUT2D eigenvalue weighted by molar-refractivity contribution is 7.91. The monoisotopic (exact) mass is 389 g/mol. The Morgan fingerprint density at radius 3 is 2.63 bits per heavy atom. The molecule has 0 spiro atoms. The summed E-state index contributed by atoms with van der Waals surface area (Å²) < 4.78 is 37.3. The third-order valence-electron chi connectivity index (χ3n) is 5.01. The number of fused-ring (bicyclic) bond motifs is 1. The van der Waals surface area contributed by atoms with Crippen LogP contribution in [0.4, 0.5) is 14.9 Å². The number of nitrogens with zero attached hydrogens (tertiary/aromatic N) is 1. The van der Waals surface area contributed by atoms with E-state index < -0.39 is 9.84 Å². The van der Waals surface area contributed by atoms with Crippen molar-refractivity contribution in [3.05, 3.63) is 54.3 Å². The molecule has 6 nitrogen and oxygen atoms in total. The Bertz CT molecular complexity index is 980. The Balaban J connectivity index is 1.52. The van der Waals surface area contributed by atoms with E-state index in [0.29, 0.717) is 18.8 Å². The van der Waals surface area contributed by atoms with Crippen LogP contribution in [-0.4, -0.2) is 56.0 Å². The third kappa shape index (κ3) is 3.81. The normalized spacial score (nSPS) is 23.7. The minimum absolute atomic E-state index is 0.0125. The number of carbonyl (C=O) groups is 1. The number of hydrogen-bond donors (Lipinski definition) is 2. The highest BCUT2D eigenvalue weighted by Gasteiger charge is 2.44. The van der Waals surface area contributed by atoms with Gasteiger partial charge in [0, 0.05) is 24.8 Å².